The van der Waals surface area contributed by atoms with Crippen molar-refractivity contribution < 1.29 is 4.74 Å². The number of rotatable bonds is 5. The molecule has 4 nitrogen and oxygen atoms in total. The van der Waals surface area contributed by atoms with Gasteiger partial charge in [0.1, 0.15) is 11.4 Å². The average molecular weight is 257 g/mol. The van der Waals surface area contributed by atoms with Gasteiger partial charge in [-0.05, 0) is 36.7 Å². The van der Waals surface area contributed by atoms with Crippen molar-refractivity contribution in [1.82, 2.24) is 15.3 Å². The van der Waals surface area contributed by atoms with Crippen LogP contribution in [0.2, 0.25) is 0 Å². The first-order valence-electron chi connectivity index (χ1n) is 6.40. The van der Waals surface area contributed by atoms with Gasteiger partial charge >= 0.3 is 0 Å². The van der Waals surface area contributed by atoms with Crippen LogP contribution in [0.25, 0.3) is 0 Å². The molecule has 1 N–H and O–H groups in total. The zero-order chi connectivity index (χ0) is 13.7. The molecule has 0 radical (unpaired) electrons. The summed E-state index contributed by atoms with van der Waals surface area (Å²) >= 11 is 0. The van der Waals surface area contributed by atoms with Crippen LogP contribution in [-0.2, 0) is 0 Å². The molecule has 0 spiro atoms. The highest BCUT2D eigenvalue weighted by Gasteiger charge is 2.18. The Morgan fingerprint density at radius 2 is 2.21 bits per heavy atom. The molecule has 0 bridgehead atoms. The Morgan fingerprint density at radius 3 is 2.89 bits per heavy atom. The van der Waals surface area contributed by atoms with Gasteiger partial charge < -0.3 is 10.1 Å². The van der Waals surface area contributed by atoms with Gasteiger partial charge in [0.25, 0.3) is 0 Å². The van der Waals surface area contributed by atoms with Crippen molar-refractivity contribution in [1.29, 1.82) is 0 Å². The number of nitrogens with zero attached hydrogens (tertiary/aromatic N) is 2. The van der Waals surface area contributed by atoms with Gasteiger partial charge in [0.05, 0.1) is 13.2 Å². The number of hydrogen-bond acceptors (Lipinski definition) is 4. The number of methoxy groups -OCH3 is 1. The molecule has 19 heavy (non-hydrogen) atoms. The summed E-state index contributed by atoms with van der Waals surface area (Å²) in [7, 11) is 1.66. The molecule has 0 aliphatic carbocycles. The van der Waals surface area contributed by atoms with Crippen molar-refractivity contribution in [2.45, 2.75) is 19.9 Å². The second-order valence-corrected chi connectivity index (χ2v) is 4.38. The first kappa shape index (κ1) is 13.5. The number of hydrogen-bond donors (Lipinski definition) is 1. The molecular weight excluding hydrogens is 238 g/mol. The smallest absolute Gasteiger partial charge is 0.142 e. The SMILES string of the molecule is CCNC(c1cncc(C)c1)c1ncccc1OC. The summed E-state index contributed by atoms with van der Waals surface area (Å²) in [6, 6.07) is 5.91. The van der Waals surface area contributed by atoms with Crippen molar-refractivity contribution in [2.75, 3.05) is 13.7 Å². The third-order valence-corrected chi connectivity index (χ3v) is 2.93. The lowest BCUT2D eigenvalue weighted by Crippen LogP contribution is -2.23. The summed E-state index contributed by atoms with van der Waals surface area (Å²) in [6.45, 7) is 4.96. The van der Waals surface area contributed by atoms with Crippen LogP contribution in [0.15, 0.2) is 36.8 Å². The summed E-state index contributed by atoms with van der Waals surface area (Å²) in [4.78, 5) is 8.72. The molecule has 2 rings (SSSR count). The molecule has 0 fully saturated rings. The fourth-order valence-corrected chi connectivity index (χ4v) is 2.10. The minimum absolute atomic E-state index is 0.00597. The number of ether oxygens (including phenoxy) is 1. The second kappa shape index (κ2) is 6.29. The molecule has 0 amide bonds. The largest absolute Gasteiger partial charge is 0.495 e. The van der Waals surface area contributed by atoms with E-state index in [1.54, 1.807) is 13.3 Å². The summed E-state index contributed by atoms with van der Waals surface area (Å²) in [5.74, 6) is 0.787. The molecule has 0 aliphatic rings. The van der Waals surface area contributed by atoms with Crippen molar-refractivity contribution in [2.24, 2.45) is 0 Å². The molecule has 100 valence electrons. The number of aromatic nitrogens is 2. The van der Waals surface area contributed by atoms with E-state index in [9.17, 15) is 0 Å². The van der Waals surface area contributed by atoms with E-state index in [1.807, 2.05) is 31.5 Å². The molecule has 2 heterocycles. The molecule has 4 heteroatoms. The maximum Gasteiger partial charge on any atom is 0.142 e. The Morgan fingerprint density at radius 1 is 1.37 bits per heavy atom. The predicted molar refractivity (Wildman–Crippen MR) is 75.3 cm³/mol. The van der Waals surface area contributed by atoms with Crippen LogP contribution >= 0.6 is 0 Å². The highest BCUT2D eigenvalue weighted by molar-refractivity contribution is 5.36. The summed E-state index contributed by atoms with van der Waals surface area (Å²) in [5.41, 5.74) is 3.12. The van der Waals surface area contributed by atoms with E-state index in [0.29, 0.717) is 0 Å². The molecule has 0 aromatic carbocycles. The molecule has 0 saturated carbocycles. The van der Waals surface area contributed by atoms with Crippen molar-refractivity contribution in [3.05, 3.63) is 53.6 Å². The fourth-order valence-electron chi connectivity index (χ4n) is 2.10. The van der Waals surface area contributed by atoms with E-state index in [2.05, 4.69) is 28.3 Å². The topological polar surface area (TPSA) is 47.0 Å². The molecule has 2 aromatic rings. The second-order valence-electron chi connectivity index (χ2n) is 4.38. The molecule has 2 aromatic heterocycles. The Hall–Kier alpha value is -1.94. The van der Waals surface area contributed by atoms with Crippen LogP contribution in [0.4, 0.5) is 0 Å². The lowest BCUT2D eigenvalue weighted by Gasteiger charge is -2.20. The summed E-state index contributed by atoms with van der Waals surface area (Å²) < 4.78 is 5.40. The van der Waals surface area contributed by atoms with Crippen molar-refractivity contribution in [3.8, 4) is 5.75 Å². The van der Waals surface area contributed by atoms with Crippen LogP contribution in [0.1, 0.15) is 29.8 Å². The summed E-state index contributed by atoms with van der Waals surface area (Å²) in [5, 5.41) is 3.43. The Bertz CT molecular complexity index is 542. The molecule has 0 saturated heterocycles. The van der Waals surface area contributed by atoms with Crippen LogP contribution in [0.5, 0.6) is 5.75 Å². The van der Waals surface area contributed by atoms with Gasteiger partial charge in [-0.1, -0.05) is 13.0 Å². The van der Waals surface area contributed by atoms with Crippen molar-refractivity contribution >= 4 is 0 Å². The maximum absolute atomic E-state index is 5.40. The van der Waals surface area contributed by atoms with Crippen LogP contribution in [0.3, 0.4) is 0 Å². The van der Waals surface area contributed by atoms with Crippen LogP contribution in [-0.4, -0.2) is 23.6 Å². The van der Waals surface area contributed by atoms with Gasteiger partial charge in [0.2, 0.25) is 0 Å². The number of pyridine rings is 2. The quantitative estimate of drug-likeness (QED) is 0.894. The predicted octanol–water partition coefficient (Wildman–Crippen LogP) is 2.49. The van der Waals surface area contributed by atoms with Gasteiger partial charge in [0, 0.05) is 18.6 Å². The normalized spacial score (nSPS) is 12.2. The fraction of sp³-hybridized carbons (Fsp3) is 0.333. The van der Waals surface area contributed by atoms with E-state index in [4.69, 9.17) is 4.74 Å². The first-order chi connectivity index (χ1) is 9.26. The van der Waals surface area contributed by atoms with Gasteiger partial charge in [-0.3, -0.25) is 9.97 Å². The highest BCUT2D eigenvalue weighted by Crippen LogP contribution is 2.27. The third kappa shape index (κ3) is 3.09. The van der Waals surface area contributed by atoms with Gasteiger partial charge in [-0.15, -0.1) is 0 Å². The Balaban J connectivity index is 2.45. The van der Waals surface area contributed by atoms with Crippen LogP contribution < -0.4 is 10.1 Å². The zero-order valence-electron chi connectivity index (χ0n) is 11.6. The maximum atomic E-state index is 5.40. The lowest BCUT2D eigenvalue weighted by molar-refractivity contribution is 0.400. The zero-order valence-corrected chi connectivity index (χ0v) is 11.6. The molecular formula is C15H19N3O. The van der Waals surface area contributed by atoms with E-state index in [-0.39, 0.29) is 6.04 Å². The van der Waals surface area contributed by atoms with Crippen molar-refractivity contribution in [3.63, 3.8) is 0 Å². The Kier molecular flexibility index (Phi) is 4.47. The van der Waals surface area contributed by atoms with Gasteiger partial charge in [0.15, 0.2) is 0 Å². The average Bonchev–Trinajstić information content (AvgIpc) is 2.45. The minimum Gasteiger partial charge on any atom is -0.495 e. The minimum atomic E-state index is -0.00597. The molecule has 1 atom stereocenters. The summed E-state index contributed by atoms with van der Waals surface area (Å²) in [6.07, 6.45) is 5.50. The van der Waals surface area contributed by atoms with Gasteiger partial charge in [-0.25, -0.2) is 0 Å². The van der Waals surface area contributed by atoms with Gasteiger partial charge in [-0.2, -0.15) is 0 Å². The molecule has 0 aliphatic heterocycles. The Labute approximate surface area is 113 Å². The standard InChI is InChI=1S/C15H19N3O/c1-4-17-14(12-8-11(2)9-16-10-12)15-13(19-3)6-5-7-18-15/h5-10,14,17H,4H2,1-3H3. The lowest BCUT2D eigenvalue weighted by atomic mass is 10.0. The number of nitrogens with one attached hydrogen (secondary N) is 1. The van der Waals surface area contributed by atoms with E-state index >= 15 is 0 Å². The monoisotopic (exact) mass is 257 g/mol. The third-order valence-electron chi connectivity index (χ3n) is 2.93. The van der Waals surface area contributed by atoms with Crippen LogP contribution in [0, 0.1) is 6.92 Å². The highest BCUT2D eigenvalue weighted by atomic mass is 16.5. The van der Waals surface area contributed by atoms with E-state index < -0.39 is 0 Å². The van der Waals surface area contributed by atoms with E-state index in [1.165, 1.54) is 0 Å². The number of aryl methyl sites for hydroxylation is 1. The first-order valence-corrected chi connectivity index (χ1v) is 6.40. The van der Waals surface area contributed by atoms with E-state index in [0.717, 1.165) is 29.1 Å². The molecule has 1 unspecified atom stereocenters.